The number of hydrogen-bond acceptors (Lipinski definition) is 4. The fourth-order valence-electron chi connectivity index (χ4n) is 2.13. The molecule has 21 heavy (non-hydrogen) atoms. The maximum absolute atomic E-state index is 4.22. The van der Waals surface area contributed by atoms with Gasteiger partial charge in [-0.05, 0) is 31.8 Å². The molecule has 1 heterocycles. The first-order chi connectivity index (χ1) is 9.70. The zero-order valence-electron chi connectivity index (χ0n) is 14.8. The first-order valence-corrected chi connectivity index (χ1v) is 8.00. The van der Waals surface area contributed by atoms with Crippen LogP contribution in [0.5, 0.6) is 0 Å². The van der Waals surface area contributed by atoms with E-state index in [0.717, 1.165) is 31.9 Å². The van der Waals surface area contributed by atoms with Gasteiger partial charge in [0, 0.05) is 25.3 Å². The lowest BCUT2D eigenvalue weighted by molar-refractivity contribution is 0.135. The highest BCUT2D eigenvalue weighted by atomic mass is 15.4. The Balaban J connectivity index is 2.38. The average Bonchev–Trinajstić information content (AvgIpc) is 2.81. The third-order valence-corrected chi connectivity index (χ3v) is 4.04. The summed E-state index contributed by atoms with van der Waals surface area (Å²) in [4.78, 5) is 2.39. The van der Waals surface area contributed by atoms with Crippen LogP contribution in [-0.4, -0.2) is 46.1 Å². The summed E-state index contributed by atoms with van der Waals surface area (Å²) in [6.45, 7) is 17.2. The van der Waals surface area contributed by atoms with Crippen molar-refractivity contribution >= 4 is 0 Å². The smallest absolute Gasteiger partial charge is 0.0964 e. The molecule has 5 nitrogen and oxygen atoms in total. The first kappa shape index (κ1) is 18.1. The maximum atomic E-state index is 4.22. The fraction of sp³-hybridized carbons (Fsp3) is 0.875. The van der Waals surface area contributed by atoms with E-state index in [0.29, 0.717) is 17.4 Å². The number of aromatic nitrogens is 3. The van der Waals surface area contributed by atoms with Gasteiger partial charge >= 0.3 is 0 Å². The van der Waals surface area contributed by atoms with Crippen LogP contribution in [0.15, 0.2) is 6.20 Å². The molecule has 1 unspecified atom stereocenters. The summed E-state index contributed by atoms with van der Waals surface area (Å²) in [5.41, 5.74) is 1.31. The Labute approximate surface area is 130 Å². The van der Waals surface area contributed by atoms with Crippen LogP contribution in [0.1, 0.15) is 47.2 Å². The monoisotopic (exact) mass is 295 g/mol. The van der Waals surface area contributed by atoms with E-state index in [1.165, 1.54) is 0 Å². The van der Waals surface area contributed by atoms with E-state index in [1.54, 1.807) is 0 Å². The van der Waals surface area contributed by atoms with Gasteiger partial charge in [-0.2, -0.15) is 0 Å². The van der Waals surface area contributed by atoms with Crippen molar-refractivity contribution in [3.05, 3.63) is 11.9 Å². The van der Waals surface area contributed by atoms with Crippen molar-refractivity contribution in [1.29, 1.82) is 0 Å². The zero-order chi connectivity index (χ0) is 16.0. The van der Waals surface area contributed by atoms with Crippen molar-refractivity contribution in [2.45, 2.75) is 60.7 Å². The highest BCUT2D eigenvalue weighted by Gasteiger charge is 2.23. The summed E-state index contributed by atoms with van der Waals surface area (Å²) in [5, 5.41) is 11.8. The number of nitrogens with one attached hydrogen (secondary N) is 1. The van der Waals surface area contributed by atoms with Crippen LogP contribution < -0.4 is 5.32 Å². The molecular weight excluding hydrogens is 262 g/mol. The Hall–Kier alpha value is -0.940. The van der Waals surface area contributed by atoms with Crippen LogP contribution in [0.25, 0.3) is 0 Å². The summed E-state index contributed by atoms with van der Waals surface area (Å²) in [6, 6.07) is 0.535. The van der Waals surface area contributed by atoms with Crippen LogP contribution in [0, 0.1) is 11.3 Å². The maximum Gasteiger partial charge on any atom is 0.0964 e. The quantitative estimate of drug-likeness (QED) is 0.800. The number of hydrogen-bond donors (Lipinski definition) is 1. The van der Waals surface area contributed by atoms with Crippen LogP contribution in [-0.2, 0) is 13.1 Å². The van der Waals surface area contributed by atoms with Gasteiger partial charge in [0.2, 0.25) is 0 Å². The molecule has 0 saturated heterocycles. The lowest BCUT2D eigenvalue weighted by Gasteiger charge is -2.35. The Morgan fingerprint density at radius 3 is 2.52 bits per heavy atom. The lowest BCUT2D eigenvalue weighted by atomic mass is 9.87. The number of likely N-dealkylation sites (N-methyl/N-ethyl adjacent to an activating group) is 1. The SMILES string of the molecule is CC(C)CNCc1cn(CCN(C)C(C)C(C)(C)C)nn1. The molecule has 5 heteroatoms. The van der Waals surface area contributed by atoms with Crippen molar-refractivity contribution < 1.29 is 0 Å². The minimum Gasteiger partial charge on any atom is -0.311 e. The molecule has 0 spiro atoms. The minimum atomic E-state index is 0.295. The van der Waals surface area contributed by atoms with Crippen molar-refractivity contribution in [1.82, 2.24) is 25.2 Å². The Morgan fingerprint density at radius 2 is 1.95 bits per heavy atom. The molecule has 1 rings (SSSR count). The molecule has 1 aromatic heterocycles. The van der Waals surface area contributed by atoms with E-state index < -0.39 is 0 Å². The minimum absolute atomic E-state index is 0.295. The molecule has 0 saturated carbocycles. The normalized spacial score (nSPS) is 14.1. The van der Waals surface area contributed by atoms with Gasteiger partial charge < -0.3 is 10.2 Å². The second-order valence-corrected chi connectivity index (χ2v) is 7.52. The van der Waals surface area contributed by atoms with Crippen LogP contribution in [0.4, 0.5) is 0 Å². The van der Waals surface area contributed by atoms with Crippen LogP contribution in [0.3, 0.4) is 0 Å². The third-order valence-electron chi connectivity index (χ3n) is 4.04. The van der Waals surface area contributed by atoms with Gasteiger partial charge in [-0.1, -0.05) is 39.8 Å². The van der Waals surface area contributed by atoms with E-state index in [-0.39, 0.29) is 0 Å². The van der Waals surface area contributed by atoms with Gasteiger partial charge in [0.1, 0.15) is 0 Å². The van der Waals surface area contributed by atoms with Crippen molar-refractivity contribution in [3.8, 4) is 0 Å². The Bertz CT molecular complexity index is 405. The van der Waals surface area contributed by atoms with Crippen LogP contribution >= 0.6 is 0 Å². The molecule has 0 radical (unpaired) electrons. The lowest BCUT2D eigenvalue weighted by Crippen LogP contribution is -2.40. The first-order valence-electron chi connectivity index (χ1n) is 8.00. The molecule has 0 aliphatic rings. The highest BCUT2D eigenvalue weighted by Crippen LogP contribution is 2.22. The molecule has 0 bridgehead atoms. The summed E-state index contributed by atoms with van der Waals surface area (Å²) in [5.74, 6) is 0.660. The second kappa shape index (κ2) is 7.90. The summed E-state index contributed by atoms with van der Waals surface area (Å²) in [7, 11) is 2.18. The van der Waals surface area contributed by atoms with E-state index >= 15 is 0 Å². The van der Waals surface area contributed by atoms with Gasteiger partial charge in [-0.15, -0.1) is 5.10 Å². The number of nitrogens with zero attached hydrogens (tertiary/aromatic N) is 4. The molecule has 0 aliphatic heterocycles. The summed E-state index contributed by atoms with van der Waals surface area (Å²) in [6.07, 6.45) is 2.04. The average molecular weight is 295 g/mol. The molecule has 0 aromatic carbocycles. The summed E-state index contributed by atoms with van der Waals surface area (Å²) >= 11 is 0. The third kappa shape index (κ3) is 6.57. The van der Waals surface area contributed by atoms with Gasteiger partial charge in [0.05, 0.1) is 12.2 Å². The molecule has 122 valence electrons. The van der Waals surface area contributed by atoms with Crippen molar-refractivity contribution in [2.24, 2.45) is 11.3 Å². The van der Waals surface area contributed by atoms with E-state index in [4.69, 9.17) is 0 Å². The predicted octanol–water partition coefficient (Wildman–Crippen LogP) is 2.39. The standard InChI is InChI=1S/C16H33N5/c1-13(2)10-17-11-15-12-21(19-18-15)9-8-20(7)14(3)16(4,5)6/h12-14,17H,8-11H2,1-7H3. The predicted molar refractivity (Wildman–Crippen MR) is 88.1 cm³/mol. The van der Waals surface area contributed by atoms with Gasteiger partial charge in [0.25, 0.3) is 0 Å². The van der Waals surface area contributed by atoms with Crippen molar-refractivity contribution in [3.63, 3.8) is 0 Å². The van der Waals surface area contributed by atoms with E-state index in [9.17, 15) is 0 Å². The molecule has 1 N–H and O–H groups in total. The fourth-order valence-corrected chi connectivity index (χ4v) is 2.13. The van der Waals surface area contributed by atoms with Crippen molar-refractivity contribution in [2.75, 3.05) is 20.1 Å². The van der Waals surface area contributed by atoms with E-state index in [1.807, 2.05) is 10.9 Å². The van der Waals surface area contributed by atoms with Crippen LogP contribution in [0.2, 0.25) is 0 Å². The Kier molecular flexibility index (Phi) is 6.81. The molecule has 0 fully saturated rings. The number of rotatable bonds is 8. The molecular formula is C16H33N5. The van der Waals surface area contributed by atoms with Gasteiger partial charge in [-0.25, -0.2) is 0 Å². The highest BCUT2D eigenvalue weighted by molar-refractivity contribution is 4.91. The molecule has 1 aromatic rings. The molecule has 0 aliphatic carbocycles. The van der Waals surface area contributed by atoms with E-state index in [2.05, 4.69) is 69.1 Å². The molecule has 0 amide bonds. The largest absolute Gasteiger partial charge is 0.311 e. The topological polar surface area (TPSA) is 46.0 Å². The van der Waals surface area contributed by atoms with Gasteiger partial charge in [0.15, 0.2) is 0 Å². The Morgan fingerprint density at radius 1 is 1.29 bits per heavy atom. The summed E-state index contributed by atoms with van der Waals surface area (Å²) < 4.78 is 1.94. The molecule has 1 atom stereocenters. The zero-order valence-corrected chi connectivity index (χ0v) is 14.8. The second-order valence-electron chi connectivity index (χ2n) is 7.52. The van der Waals surface area contributed by atoms with Gasteiger partial charge in [-0.3, -0.25) is 4.68 Å².